The molecule has 140 valence electrons. The molecule has 3 rings (SSSR count). The van der Waals surface area contributed by atoms with Crippen LogP contribution in [0.5, 0.6) is 0 Å². The quantitative estimate of drug-likeness (QED) is 0.748. The molecule has 0 saturated carbocycles. The molecule has 8 heteroatoms. The molecular weight excluding hydrogens is 418 g/mol. The number of aryl methyl sites for hydroxylation is 1. The van der Waals surface area contributed by atoms with E-state index in [9.17, 15) is 8.42 Å². The van der Waals surface area contributed by atoms with Crippen LogP contribution in [0.3, 0.4) is 0 Å². The fourth-order valence-corrected chi connectivity index (χ4v) is 4.90. The number of sulfonamides is 1. The van der Waals surface area contributed by atoms with Gasteiger partial charge in [0.2, 0.25) is 10.0 Å². The molecule has 1 fully saturated rings. The molecule has 26 heavy (non-hydrogen) atoms. The van der Waals surface area contributed by atoms with Gasteiger partial charge < -0.3 is 10.1 Å². The summed E-state index contributed by atoms with van der Waals surface area (Å²) in [5.41, 5.74) is 2.78. The summed E-state index contributed by atoms with van der Waals surface area (Å²) >= 11 is 3.40. The van der Waals surface area contributed by atoms with E-state index in [1.165, 1.54) is 4.31 Å². The van der Waals surface area contributed by atoms with Crippen LogP contribution in [0.2, 0.25) is 0 Å². The zero-order valence-corrected chi connectivity index (χ0v) is 17.0. The molecule has 0 bridgehead atoms. The van der Waals surface area contributed by atoms with Gasteiger partial charge in [-0.2, -0.15) is 4.31 Å². The van der Waals surface area contributed by atoms with E-state index in [-0.39, 0.29) is 5.75 Å². The molecule has 1 aromatic carbocycles. The number of pyridine rings is 1. The van der Waals surface area contributed by atoms with E-state index in [0.717, 1.165) is 27.0 Å². The van der Waals surface area contributed by atoms with Crippen molar-refractivity contribution in [3.05, 3.63) is 57.7 Å². The van der Waals surface area contributed by atoms with Crippen molar-refractivity contribution in [2.45, 2.75) is 19.2 Å². The summed E-state index contributed by atoms with van der Waals surface area (Å²) in [6.07, 6.45) is 1.74. The molecule has 1 saturated heterocycles. The van der Waals surface area contributed by atoms with Crippen LogP contribution in [0.15, 0.2) is 41.0 Å². The number of benzene rings is 1. The molecule has 1 aliphatic rings. The zero-order valence-electron chi connectivity index (χ0n) is 14.6. The van der Waals surface area contributed by atoms with Gasteiger partial charge >= 0.3 is 0 Å². The molecule has 1 aliphatic heterocycles. The predicted molar refractivity (Wildman–Crippen MR) is 105 cm³/mol. The molecule has 0 amide bonds. The molecule has 0 atom stereocenters. The normalized spacial score (nSPS) is 15.8. The van der Waals surface area contributed by atoms with Crippen LogP contribution in [-0.4, -0.2) is 44.0 Å². The number of anilines is 1. The van der Waals surface area contributed by atoms with Crippen LogP contribution in [0.1, 0.15) is 16.7 Å². The Kier molecular flexibility index (Phi) is 6.29. The molecule has 2 heterocycles. The maximum absolute atomic E-state index is 12.7. The Balaban J connectivity index is 1.73. The van der Waals surface area contributed by atoms with Gasteiger partial charge in [0, 0.05) is 30.3 Å². The summed E-state index contributed by atoms with van der Waals surface area (Å²) in [6, 6.07) is 9.60. The molecule has 1 aromatic heterocycles. The van der Waals surface area contributed by atoms with E-state index < -0.39 is 10.0 Å². The number of rotatable bonds is 6. The van der Waals surface area contributed by atoms with Crippen molar-refractivity contribution >= 4 is 31.8 Å². The minimum atomic E-state index is -3.35. The third-order valence-electron chi connectivity index (χ3n) is 4.31. The number of aromatic nitrogens is 1. The molecule has 1 N–H and O–H groups in total. The van der Waals surface area contributed by atoms with Gasteiger partial charge in [-0.25, -0.2) is 13.4 Å². The SMILES string of the molecule is Cc1cc(Br)cnc1NCc1ccccc1CS(=O)(=O)N1CCOCC1. The highest BCUT2D eigenvalue weighted by Crippen LogP contribution is 2.20. The van der Waals surface area contributed by atoms with Crippen LogP contribution in [-0.2, 0) is 27.1 Å². The first-order chi connectivity index (χ1) is 12.5. The number of hydrogen-bond acceptors (Lipinski definition) is 5. The van der Waals surface area contributed by atoms with Crippen molar-refractivity contribution < 1.29 is 13.2 Å². The highest BCUT2D eigenvalue weighted by molar-refractivity contribution is 9.10. The van der Waals surface area contributed by atoms with Crippen molar-refractivity contribution in [3.63, 3.8) is 0 Å². The van der Waals surface area contributed by atoms with Crippen molar-refractivity contribution in [2.75, 3.05) is 31.6 Å². The maximum Gasteiger partial charge on any atom is 0.218 e. The topological polar surface area (TPSA) is 71.5 Å². The fraction of sp³-hybridized carbons (Fsp3) is 0.389. The molecule has 0 radical (unpaired) electrons. The predicted octanol–water partition coefficient (Wildman–Crippen LogP) is 2.93. The first kappa shape index (κ1) is 19.3. The lowest BCUT2D eigenvalue weighted by Crippen LogP contribution is -2.41. The van der Waals surface area contributed by atoms with Gasteiger partial charge in [-0.05, 0) is 45.6 Å². The largest absolute Gasteiger partial charge is 0.379 e. The number of halogens is 1. The van der Waals surface area contributed by atoms with Gasteiger partial charge in [0.1, 0.15) is 5.82 Å². The summed E-state index contributed by atoms with van der Waals surface area (Å²) < 4.78 is 33.1. The van der Waals surface area contributed by atoms with Crippen LogP contribution in [0.25, 0.3) is 0 Å². The first-order valence-electron chi connectivity index (χ1n) is 8.44. The second-order valence-corrected chi connectivity index (χ2v) is 9.09. The Morgan fingerprint density at radius 2 is 1.92 bits per heavy atom. The van der Waals surface area contributed by atoms with Gasteiger partial charge in [0.25, 0.3) is 0 Å². The van der Waals surface area contributed by atoms with Crippen LogP contribution in [0.4, 0.5) is 5.82 Å². The summed E-state index contributed by atoms with van der Waals surface area (Å²) in [5.74, 6) is 0.788. The molecule has 0 spiro atoms. The van der Waals surface area contributed by atoms with E-state index in [1.807, 2.05) is 37.3 Å². The highest BCUT2D eigenvalue weighted by atomic mass is 79.9. The van der Waals surface area contributed by atoms with Crippen molar-refractivity contribution in [3.8, 4) is 0 Å². The fourth-order valence-electron chi connectivity index (χ4n) is 2.89. The average molecular weight is 440 g/mol. The molecule has 2 aromatic rings. The number of ether oxygens (including phenoxy) is 1. The maximum atomic E-state index is 12.7. The first-order valence-corrected chi connectivity index (χ1v) is 10.8. The van der Waals surface area contributed by atoms with E-state index >= 15 is 0 Å². The summed E-state index contributed by atoms with van der Waals surface area (Å²) in [5, 5.41) is 3.30. The van der Waals surface area contributed by atoms with Gasteiger partial charge in [-0.3, -0.25) is 0 Å². The number of hydrogen-bond donors (Lipinski definition) is 1. The van der Waals surface area contributed by atoms with E-state index in [0.29, 0.717) is 32.8 Å². The van der Waals surface area contributed by atoms with Crippen LogP contribution >= 0.6 is 15.9 Å². The molecule has 0 aliphatic carbocycles. The third-order valence-corrected chi connectivity index (χ3v) is 6.57. The molecule has 6 nitrogen and oxygen atoms in total. The Labute approximate surface area is 162 Å². The Hall–Kier alpha value is -1.48. The Morgan fingerprint density at radius 1 is 1.23 bits per heavy atom. The minimum Gasteiger partial charge on any atom is -0.379 e. The van der Waals surface area contributed by atoms with Gasteiger partial charge in [0.15, 0.2) is 0 Å². The smallest absolute Gasteiger partial charge is 0.218 e. The third kappa shape index (κ3) is 4.82. The minimum absolute atomic E-state index is 0.00238. The number of morpholine rings is 1. The lowest BCUT2D eigenvalue weighted by molar-refractivity contribution is 0.0729. The summed E-state index contributed by atoms with van der Waals surface area (Å²) in [6.45, 7) is 4.25. The molecule has 0 unspecified atom stereocenters. The van der Waals surface area contributed by atoms with E-state index in [4.69, 9.17) is 4.74 Å². The van der Waals surface area contributed by atoms with E-state index in [2.05, 4.69) is 26.2 Å². The summed E-state index contributed by atoms with van der Waals surface area (Å²) in [4.78, 5) is 4.37. The monoisotopic (exact) mass is 439 g/mol. The van der Waals surface area contributed by atoms with Crippen LogP contribution < -0.4 is 5.32 Å². The Morgan fingerprint density at radius 3 is 2.62 bits per heavy atom. The lowest BCUT2D eigenvalue weighted by atomic mass is 10.1. The second kappa shape index (κ2) is 8.47. The average Bonchev–Trinajstić information content (AvgIpc) is 2.63. The van der Waals surface area contributed by atoms with Gasteiger partial charge in [-0.15, -0.1) is 0 Å². The van der Waals surface area contributed by atoms with E-state index in [1.54, 1.807) is 6.20 Å². The van der Waals surface area contributed by atoms with Crippen molar-refractivity contribution in [2.24, 2.45) is 0 Å². The number of nitrogens with zero attached hydrogens (tertiary/aromatic N) is 2. The van der Waals surface area contributed by atoms with Crippen molar-refractivity contribution in [1.29, 1.82) is 0 Å². The van der Waals surface area contributed by atoms with Crippen molar-refractivity contribution in [1.82, 2.24) is 9.29 Å². The molecular formula is C18H22BrN3O3S. The summed E-state index contributed by atoms with van der Waals surface area (Å²) in [7, 11) is -3.35. The Bertz CT molecular complexity index is 868. The van der Waals surface area contributed by atoms with Gasteiger partial charge in [-0.1, -0.05) is 24.3 Å². The van der Waals surface area contributed by atoms with Gasteiger partial charge in [0.05, 0.1) is 19.0 Å². The lowest BCUT2D eigenvalue weighted by Gasteiger charge is -2.26. The highest BCUT2D eigenvalue weighted by Gasteiger charge is 2.25. The standard InChI is InChI=1S/C18H22BrN3O3S/c1-14-10-17(19)12-21-18(14)20-11-15-4-2-3-5-16(15)13-26(23,24)22-6-8-25-9-7-22/h2-5,10,12H,6-9,11,13H2,1H3,(H,20,21). The zero-order chi connectivity index (χ0) is 18.6. The second-order valence-electron chi connectivity index (χ2n) is 6.21. The van der Waals surface area contributed by atoms with Crippen LogP contribution in [0, 0.1) is 6.92 Å². The number of nitrogens with one attached hydrogen (secondary N) is 1.